The lowest BCUT2D eigenvalue weighted by Gasteiger charge is -2.29. The van der Waals surface area contributed by atoms with E-state index in [9.17, 15) is 0 Å². The number of nitrogens with one attached hydrogen (secondary N) is 1. The molecule has 1 N–H and O–H groups in total. The largest absolute Gasteiger partial charge is 0.370 e. The van der Waals surface area contributed by atoms with E-state index in [2.05, 4.69) is 48.3 Å². The highest BCUT2D eigenvalue weighted by molar-refractivity contribution is 5.48. The highest BCUT2D eigenvalue weighted by Crippen LogP contribution is 2.38. The van der Waals surface area contributed by atoms with Gasteiger partial charge in [-0.05, 0) is 62.8 Å². The van der Waals surface area contributed by atoms with Crippen LogP contribution in [-0.4, -0.2) is 25.7 Å². The first kappa shape index (κ1) is 13.0. The lowest BCUT2D eigenvalue weighted by atomic mass is 9.93. The number of aryl methyl sites for hydroxylation is 1. The minimum Gasteiger partial charge on any atom is -0.370 e. The summed E-state index contributed by atoms with van der Waals surface area (Å²) in [6.07, 6.45) is 4.34. The molecule has 0 spiro atoms. The normalized spacial score (nSPS) is 29.5. The van der Waals surface area contributed by atoms with Crippen molar-refractivity contribution in [3.05, 3.63) is 29.8 Å². The Kier molecular flexibility index (Phi) is 3.79. The van der Waals surface area contributed by atoms with Crippen LogP contribution in [0.5, 0.6) is 0 Å². The Morgan fingerprint density at radius 3 is 3.00 bits per heavy atom. The number of rotatable bonds is 4. The number of fused-ring (bicyclic) bond motifs is 1. The predicted octanol–water partition coefficient (Wildman–Crippen LogP) is 3.21. The molecule has 2 nitrogen and oxygen atoms in total. The van der Waals surface area contributed by atoms with E-state index in [0.717, 1.165) is 18.4 Å². The topological polar surface area (TPSA) is 15.3 Å². The Labute approximate surface area is 117 Å². The second-order valence-electron chi connectivity index (χ2n) is 6.25. The van der Waals surface area contributed by atoms with Gasteiger partial charge in [0.2, 0.25) is 0 Å². The molecule has 3 atom stereocenters. The summed E-state index contributed by atoms with van der Waals surface area (Å²) in [6, 6.07) is 9.61. The zero-order valence-electron chi connectivity index (χ0n) is 12.2. The Hall–Kier alpha value is -1.02. The Bertz CT molecular complexity index is 429. The van der Waals surface area contributed by atoms with Crippen LogP contribution in [0, 0.1) is 18.8 Å². The molecule has 19 heavy (non-hydrogen) atoms. The molecular weight excluding hydrogens is 232 g/mol. The summed E-state index contributed by atoms with van der Waals surface area (Å²) in [5.41, 5.74) is 2.74. The van der Waals surface area contributed by atoms with Crippen LogP contribution >= 0.6 is 0 Å². The van der Waals surface area contributed by atoms with E-state index in [0.29, 0.717) is 6.04 Å². The lowest BCUT2D eigenvalue weighted by Crippen LogP contribution is -2.40. The second kappa shape index (κ2) is 5.54. The molecule has 2 fully saturated rings. The van der Waals surface area contributed by atoms with Gasteiger partial charge in [-0.15, -0.1) is 0 Å². The van der Waals surface area contributed by atoms with Crippen LogP contribution in [0.15, 0.2) is 24.3 Å². The molecule has 2 aliphatic rings. The van der Waals surface area contributed by atoms with Crippen LogP contribution in [0.1, 0.15) is 31.7 Å². The van der Waals surface area contributed by atoms with Crippen LogP contribution in [0.2, 0.25) is 0 Å². The monoisotopic (exact) mass is 258 g/mol. The average Bonchev–Trinajstić information content (AvgIpc) is 2.99. The highest BCUT2D eigenvalue weighted by atomic mass is 15.2. The summed E-state index contributed by atoms with van der Waals surface area (Å²) in [5, 5.41) is 3.77. The minimum absolute atomic E-state index is 0.702. The molecule has 2 heteroatoms. The third-order valence-electron chi connectivity index (χ3n) is 5.04. The van der Waals surface area contributed by atoms with E-state index in [1.165, 1.54) is 43.6 Å². The van der Waals surface area contributed by atoms with Crippen LogP contribution in [-0.2, 0) is 0 Å². The quantitative estimate of drug-likeness (QED) is 0.892. The van der Waals surface area contributed by atoms with E-state index in [4.69, 9.17) is 0 Å². The molecule has 1 saturated heterocycles. The fourth-order valence-corrected chi connectivity index (χ4v) is 3.98. The van der Waals surface area contributed by atoms with Crippen molar-refractivity contribution in [1.29, 1.82) is 0 Å². The maximum Gasteiger partial charge on any atom is 0.0369 e. The summed E-state index contributed by atoms with van der Waals surface area (Å²) in [6.45, 7) is 7.96. The number of hydrogen-bond donors (Lipinski definition) is 1. The van der Waals surface area contributed by atoms with E-state index in [-0.39, 0.29) is 0 Å². The fraction of sp³-hybridized carbons (Fsp3) is 0.647. The maximum atomic E-state index is 3.77. The van der Waals surface area contributed by atoms with Gasteiger partial charge in [-0.1, -0.05) is 18.6 Å². The van der Waals surface area contributed by atoms with Crippen LogP contribution in [0.3, 0.4) is 0 Å². The van der Waals surface area contributed by atoms with Crippen molar-refractivity contribution in [2.24, 2.45) is 11.8 Å². The van der Waals surface area contributed by atoms with E-state index in [1.54, 1.807) is 0 Å². The lowest BCUT2D eigenvalue weighted by molar-refractivity contribution is 0.410. The minimum atomic E-state index is 0.702. The van der Waals surface area contributed by atoms with Gasteiger partial charge in [-0.3, -0.25) is 0 Å². The molecule has 1 aliphatic carbocycles. The van der Waals surface area contributed by atoms with Gasteiger partial charge in [-0.2, -0.15) is 0 Å². The number of anilines is 1. The first-order valence-electron chi connectivity index (χ1n) is 7.83. The number of nitrogens with zero attached hydrogens (tertiary/aromatic N) is 1. The van der Waals surface area contributed by atoms with E-state index in [1.807, 2.05) is 0 Å². The summed E-state index contributed by atoms with van der Waals surface area (Å²) in [7, 11) is 0. The Morgan fingerprint density at radius 2 is 2.21 bits per heavy atom. The van der Waals surface area contributed by atoms with Crippen LogP contribution in [0.4, 0.5) is 5.69 Å². The zero-order chi connectivity index (χ0) is 13.2. The molecule has 0 bridgehead atoms. The van der Waals surface area contributed by atoms with E-state index < -0.39 is 0 Å². The van der Waals surface area contributed by atoms with Gasteiger partial charge in [0.25, 0.3) is 0 Å². The van der Waals surface area contributed by atoms with Crippen molar-refractivity contribution in [3.63, 3.8) is 0 Å². The third-order valence-corrected chi connectivity index (χ3v) is 5.04. The molecule has 0 radical (unpaired) electrons. The van der Waals surface area contributed by atoms with Crippen molar-refractivity contribution in [1.82, 2.24) is 5.32 Å². The number of likely N-dealkylation sites (N-methyl/N-ethyl adjacent to an activating group) is 1. The first-order chi connectivity index (χ1) is 9.28. The first-order valence-corrected chi connectivity index (χ1v) is 7.83. The number of benzene rings is 1. The molecule has 0 aromatic heterocycles. The number of hydrogen-bond acceptors (Lipinski definition) is 2. The fourth-order valence-electron chi connectivity index (χ4n) is 3.98. The van der Waals surface area contributed by atoms with Crippen LogP contribution in [0.25, 0.3) is 0 Å². The summed E-state index contributed by atoms with van der Waals surface area (Å²) in [5.74, 6) is 1.89. The molecule has 104 valence electrons. The van der Waals surface area contributed by atoms with Crippen molar-refractivity contribution in [3.8, 4) is 0 Å². The van der Waals surface area contributed by atoms with Crippen LogP contribution < -0.4 is 10.2 Å². The van der Waals surface area contributed by atoms with Gasteiger partial charge in [0, 0.05) is 24.8 Å². The van der Waals surface area contributed by atoms with Crippen molar-refractivity contribution in [2.75, 3.05) is 24.5 Å². The SMILES string of the molecule is CCN(CC1NCC2CCCC21)c1cccc(C)c1. The van der Waals surface area contributed by atoms with E-state index >= 15 is 0 Å². The Morgan fingerprint density at radius 1 is 1.32 bits per heavy atom. The Balaban J connectivity index is 1.70. The molecule has 1 aliphatic heterocycles. The van der Waals surface area contributed by atoms with Crippen molar-refractivity contribution < 1.29 is 0 Å². The van der Waals surface area contributed by atoms with Gasteiger partial charge in [0.15, 0.2) is 0 Å². The third kappa shape index (κ3) is 2.64. The zero-order valence-corrected chi connectivity index (χ0v) is 12.2. The molecular formula is C17H26N2. The predicted molar refractivity (Wildman–Crippen MR) is 81.7 cm³/mol. The summed E-state index contributed by atoms with van der Waals surface area (Å²) in [4.78, 5) is 2.53. The van der Waals surface area contributed by atoms with Crippen molar-refractivity contribution in [2.45, 2.75) is 39.2 Å². The average molecular weight is 258 g/mol. The van der Waals surface area contributed by atoms with Crippen molar-refractivity contribution >= 4 is 5.69 Å². The molecule has 1 heterocycles. The molecule has 3 unspecified atom stereocenters. The second-order valence-corrected chi connectivity index (χ2v) is 6.25. The highest BCUT2D eigenvalue weighted by Gasteiger charge is 2.39. The van der Waals surface area contributed by atoms with Gasteiger partial charge >= 0.3 is 0 Å². The molecule has 3 rings (SSSR count). The van der Waals surface area contributed by atoms with Gasteiger partial charge in [-0.25, -0.2) is 0 Å². The molecule has 0 amide bonds. The standard InChI is InChI=1S/C17H26N2/c1-3-19(15-8-4-6-13(2)10-15)12-17-16-9-5-7-14(16)11-18-17/h4,6,8,10,14,16-18H,3,5,7,9,11-12H2,1-2H3. The summed E-state index contributed by atoms with van der Waals surface area (Å²) >= 11 is 0. The molecule has 1 aromatic carbocycles. The van der Waals surface area contributed by atoms with Gasteiger partial charge in [0.1, 0.15) is 0 Å². The maximum absolute atomic E-state index is 3.77. The smallest absolute Gasteiger partial charge is 0.0369 e. The molecule has 1 saturated carbocycles. The van der Waals surface area contributed by atoms with Gasteiger partial charge in [0.05, 0.1) is 0 Å². The van der Waals surface area contributed by atoms with Gasteiger partial charge < -0.3 is 10.2 Å². The summed E-state index contributed by atoms with van der Waals surface area (Å²) < 4.78 is 0. The molecule has 1 aromatic rings.